The van der Waals surface area contributed by atoms with Gasteiger partial charge >= 0.3 is 0 Å². The molecular weight excluding hydrogens is 317 g/mol. The number of benzene rings is 1. The zero-order valence-corrected chi connectivity index (χ0v) is 13.8. The SMILES string of the molecule is COc1ccsc1C(=O)NC(C)c1oc2ccc(F)cc2c1C. The van der Waals surface area contributed by atoms with Crippen LogP contribution in [0.3, 0.4) is 0 Å². The number of furan rings is 1. The molecule has 6 heteroatoms. The lowest BCUT2D eigenvalue weighted by atomic mass is 10.1. The van der Waals surface area contributed by atoms with Gasteiger partial charge in [0, 0.05) is 10.9 Å². The largest absolute Gasteiger partial charge is 0.495 e. The number of thiophene rings is 1. The van der Waals surface area contributed by atoms with Crippen molar-refractivity contribution in [3.05, 3.63) is 51.7 Å². The van der Waals surface area contributed by atoms with Crippen LogP contribution in [0.1, 0.15) is 34.0 Å². The van der Waals surface area contributed by atoms with Crippen molar-refractivity contribution in [2.45, 2.75) is 19.9 Å². The van der Waals surface area contributed by atoms with Gasteiger partial charge in [-0.25, -0.2) is 4.39 Å². The summed E-state index contributed by atoms with van der Waals surface area (Å²) in [5.74, 6) is 0.626. The molecule has 23 heavy (non-hydrogen) atoms. The maximum Gasteiger partial charge on any atom is 0.265 e. The predicted octanol–water partition coefficient (Wildman–Crippen LogP) is 4.44. The second-order valence-corrected chi connectivity index (χ2v) is 6.16. The van der Waals surface area contributed by atoms with Crippen molar-refractivity contribution in [1.29, 1.82) is 0 Å². The quantitative estimate of drug-likeness (QED) is 0.768. The molecule has 120 valence electrons. The molecule has 1 atom stereocenters. The van der Waals surface area contributed by atoms with Gasteiger partial charge in [0.15, 0.2) is 0 Å². The first kappa shape index (κ1) is 15.6. The van der Waals surface area contributed by atoms with E-state index in [1.54, 1.807) is 17.5 Å². The minimum atomic E-state index is -0.343. The number of methoxy groups -OCH3 is 1. The summed E-state index contributed by atoms with van der Waals surface area (Å²) in [5.41, 5.74) is 1.43. The van der Waals surface area contributed by atoms with Crippen LogP contribution in [0, 0.1) is 12.7 Å². The third-order valence-corrected chi connectivity index (χ3v) is 4.63. The molecule has 0 saturated carbocycles. The lowest BCUT2D eigenvalue weighted by Crippen LogP contribution is -2.26. The number of amides is 1. The first-order valence-corrected chi connectivity index (χ1v) is 8.00. The lowest BCUT2D eigenvalue weighted by Gasteiger charge is -2.12. The van der Waals surface area contributed by atoms with E-state index in [9.17, 15) is 9.18 Å². The molecule has 3 aromatic rings. The van der Waals surface area contributed by atoms with Crippen LogP contribution < -0.4 is 10.1 Å². The Hall–Kier alpha value is -2.34. The molecule has 0 spiro atoms. The highest BCUT2D eigenvalue weighted by Gasteiger charge is 2.21. The van der Waals surface area contributed by atoms with Crippen LogP contribution in [-0.4, -0.2) is 13.0 Å². The standard InChI is InChI=1S/C17H16FNO3S/c1-9-12-8-11(18)4-5-13(12)22-15(9)10(2)19-17(20)16-14(21-3)6-7-23-16/h4-8,10H,1-3H3,(H,19,20). The summed E-state index contributed by atoms with van der Waals surface area (Å²) >= 11 is 1.31. The van der Waals surface area contributed by atoms with Gasteiger partial charge in [0.2, 0.25) is 0 Å². The topological polar surface area (TPSA) is 51.5 Å². The fourth-order valence-corrected chi connectivity index (χ4v) is 3.34. The molecule has 0 fully saturated rings. The predicted molar refractivity (Wildman–Crippen MR) is 87.7 cm³/mol. The molecule has 1 aromatic carbocycles. The lowest BCUT2D eigenvalue weighted by molar-refractivity contribution is 0.0937. The second kappa shape index (κ2) is 6.04. The highest BCUT2D eigenvalue weighted by atomic mass is 32.1. The van der Waals surface area contributed by atoms with Gasteiger partial charge in [0.1, 0.15) is 27.8 Å². The molecule has 1 N–H and O–H groups in total. The number of rotatable bonds is 4. The Balaban J connectivity index is 1.87. The molecule has 0 radical (unpaired) electrons. The number of hydrogen-bond acceptors (Lipinski definition) is 4. The van der Waals surface area contributed by atoms with Crippen LogP contribution in [0.4, 0.5) is 4.39 Å². The minimum Gasteiger partial charge on any atom is -0.495 e. The summed E-state index contributed by atoms with van der Waals surface area (Å²) in [6.07, 6.45) is 0. The first-order valence-electron chi connectivity index (χ1n) is 7.12. The number of halogens is 1. The molecule has 0 aliphatic carbocycles. The normalized spacial score (nSPS) is 12.3. The first-order chi connectivity index (χ1) is 11.0. The van der Waals surface area contributed by atoms with Crippen LogP contribution in [0.25, 0.3) is 11.0 Å². The number of carbonyl (C=O) groups is 1. The molecule has 3 rings (SSSR count). The summed E-state index contributed by atoms with van der Waals surface area (Å²) in [4.78, 5) is 12.9. The Labute approximate surface area is 136 Å². The molecule has 1 unspecified atom stereocenters. The van der Waals surface area contributed by atoms with Crippen LogP contribution in [0.15, 0.2) is 34.1 Å². The molecule has 4 nitrogen and oxygen atoms in total. The van der Waals surface area contributed by atoms with E-state index in [1.165, 1.54) is 30.6 Å². The van der Waals surface area contributed by atoms with Gasteiger partial charge in [0.05, 0.1) is 13.2 Å². The van der Waals surface area contributed by atoms with Gasteiger partial charge < -0.3 is 14.5 Å². The second-order valence-electron chi connectivity index (χ2n) is 5.25. The van der Waals surface area contributed by atoms with Crippen LogP contribution in [-0.2, 0) is 0 Å². The fraction of sp³-hybridized carbons (Fsp3) is 0.235. The smallest absolute Gasteiger partial charge is 0.265 e. The Bertz CT molecular complexity index is 868. The third-order valence-electron chi connectivity index (χ3n) is 3.73. The molecule has 0 aliphatic heterocycles. The van der Waals surface area contributed by atoms with Crippen molar-refractivity contribution in [3.63, 3.8) is 0 Å². The van der Waals surface area contributed by atoms with Crippen molar-refractivity contribution >= 4 is 28.2 Å². The van der Waals surface area contributed by atoms with Crippen molar-refractivity contribution in [2.24, 2.45) is 0 Å². The minimum absolute atomic E-state index is 0.226. The molecule has 0 aliphatic rings. The van der Waals surface area contributed by atoms with E-state index in [2.05, 4.69) is 5.32 Å². The van der Waals surface area contributed by atoms with Gasteiger partial charge in [-0.3, -0.25) is 4.79 Å². The van der Waals surface area contributed by atoms with Crippen molar-refractivity contribution in [1.82, 2.24) is 5.32 Å². The zero-order valence-electron chi connectivity index (χ0n) is 13.0. The number of aryl methyl sites for hydroxylation is 1. The molecule has 2 aromatic heterocycles. The number of nitrogens with one attached hydrogen (secondary N) is 1. The highest BCUT2D eigenvalue weighted by molar-refractivity contribution is 7.12. The molecule has 1 amide bonds. The Morgan fingerprint density at radius 1 is 1.39 bits per heavy atom. The Morgan fingerprint density at radius 3 is 2.91 bits per heavy atom. The molecule has 0 saturated heterocycles. The summed E-state index contributed by atoms with van der Waals surface area (Å²) in [7, 11) is 1.53. The van der Waals surface area contributed by atoms with Crippen molar-refractivity contribution in [3.8, 4) is 5.75 Å². The summed E-state index contributed by atoms with van der Waals surface area (Å²) in [6.45, 7) is 3.69. The van der Waals surface area contributed by atoms with E-state index < -0.39 is 0 Å². The molecular formula is C17H16FNO3S. The van der Waals surface area contributed by atoms with Crippen LogP contribution in [0.2, 0.25) is 0 Å². The van der Waals surface area contributed by atoms with Gasteiger partial charge in [-0.15, -0.1) is 11.3 Å². The Kier molecular flexibility index (Phi) is 4.09. The highest BCUT2D eigenvalue weighted by Crippen LogP contribution is 2.31. The van der Waals surface area contributed by atoms with Gasteiger partial charge in [-0.1, -0.05) is 0 Å². The van der Waals surface area contributed by atoms with Gasteiger partial charge in [-0.2, -0.15) is 0 Å². The van der Waals surface area contributed by atoms with Gasteiger partial charge in [0.25, 0.3) is 5.91 Å². The molecule has 2 heterocycles. The third kappa shape index (κ3) is 2.82. The van der Waals surface area contributed by atoms with E-state index in [0.717, 1.165) is 10.9 Å². The van der Waals surface area contributed by atoms with E-state index >= 15 is 0 Å². The maximum atomic E-state index is 13.4. The summed E-state index contributed by atoms with van der Waals surface area (Å²) in [6, 6.07) is 5.80. The number of fused-ring (bicyclic) bond motifs is 1. The van der Waals surface area contributed by atoms with Crippen molar-refractivity contribution in [2.75, 3.05) is 7.11 Å². The molecule has 0 bridgehead atoms. The van der Waals surface area contributed by atoms with E-state index in [-0.39, 0.29) is 17.8 Å². The number of carbonyl (C=O) groups excluding carboxylic acids is 1. The Morgan fingerprint density at radius 2 is 2.17 bits per heavy atom. The van der Waals surface area contributed by atoms with Crippen molar-refractivity contribution < 1.29 is 18.3 Å². The number of ether oxygens (including phenoxy) is 1. The monoisotopic (exact) mass is 333 g/mol. The average molecular weight is 333 g/mol. The van der Waals surface area contributed by atoms with E-state index in [4.69, 9.17) is 9.15 Å². The maximum absolute atomic E-state index is 13.4. The van der Waals surface area contributed by atoms with Crippen LogP contribution >= 0.6 is 11.3 Å². The zero-order chi connectivity index (χ0) is 16.6. The summed E-state index contributed by atoms with van der Waals surface area (Å²) in [5, 5.41) is 5.41. The van der Waals surface area contributed by atoms with E-state index in [1.807, 2.05) is 13.8 Å². The summed E-state index contributed by atoms with van der Waals surface area (Å²) < 4.78 is 24.3. The van der Waals surface area contributed by atoms with Crippen LogP contribution in [0.5, 0.6) is 5.75 Å². The number of hydrogen-bond donors (Lipinski definition) is 1. The average Bonchev–Trinajstić information content (AvgIpc) is 3.12. The fourth-order valence-electron chi connectivity index (χ4n) is 2.58. The van der Waals surface area contributed by atoms with Gasteiger partial charge in [-0.05, 0) is 43.5 Å². The van der Waals surface area contributed by atoms with E-state index in [0.29, 0.717) is 22.0 Å².